The van der Waals surface area contributed by atoms with Gasteiger partial charge >= 0.3 is 5.69 Å². The molecule has 2 aromatic heterocycles. The lowest BCUT2D eigenvalue weighted by Gasteiger charge is -2.10. The number of aromatic nitrogens is 3. The highest BCUT2D eigenvalue weighted by molar-refractivity contribution is 6.06. The molecule has 8 nitrogen and oxygen atoms in total. The Labute approximate surface area is 142 Å². The van der Waals surface area contributed by atoms with Crippen LogP contribution in [0.15, 0.2) is 39.9 Å². The minimum Gasteiger partial charge on any atom is -0.497 e. The topological polar surface area (TPSA) is 106 Å². The van der Waals surface area contributed by atoms with Crippen molar-refractivity contribution in [2.75, 3.05) is 12.4 Å². The zero-order chi connectivity index (χ0) is 18.1. The lowest BCUT2D eigenvalue weighted by molar-refractivity contribution is 0.102. The molecule has 0 fully saturated rings. The Bertz CT molecular complexity index is 1100. The highest BCUT2D eigenvalue weighted by atomic mass is 16.5. The zero-order valence-electron chi connectivity index (χ0n) is 13.9. The number of ether oxygens (including phenoxy) is 1. The number of benzene rings is 1. The number of methoxy groups -OCH3 is 1. The minimum absolute atomic E-state index is 0.170. The Kier molecular flexibility index (Phi) is 4.10. The molecule has 0 radical (unpaired) electrons. The number of fused-ring (bicyclic) bond motifs is 1. The normalized spacial score (nSPS) is 10.7. The van der Waals surface area contributed by atoms with Crippen molar-refractivity contribution in [2.45, 2.75) is 6.92 Å². The lowest BCUT2D eigenvalue weighted by atomic mass is 10.1. The predicted octanol–water partition coefficient (Wildman–Crippen LogP) is 1.19. The van der Waals surface area contributed by atoms with Crippen molar-refractivity contribution < 1.29 is 9.53 Å². The molecule has 128 valence electrons. The van der Waals surface area contributed by atoms with E-state index in [0.717, 1.165) is 0 Å². The maximum Gasteiger partial charge on any atom is 0.329 e. The molecule has 0 aliphatic heterocycles. The standard InChI is InChI=1S/C17H16N4O4/c1-9-12(15(22)19-10-5-4-6-11(7-10)25-3)8-13-14(18-9)21(2)17(24)20-16(13)23/h4-8H,1-3H3,(H,19,22)(H,20,23,24). The van der Waals surface area contributed by atoms with Crippen LogP contribution in [-0.4, -0.2) is 27.6 Å². The molecule has 0 bridgehead atoms. The van der Waals surface area contributed by atoms with E-state index in [1.165, 1.54) is 24.8 Å². The van der Waals surface area contributed by atoms with Crippen LogP contribution in [0.3, 0.4) is 0 Å². The van der Waals surface area contributed by atoms with Gasteiger partial charge in [-0.1, -0.05) is 6.07 Å². The molecule has 0 saturated heterocycles. The molecule has 0 unspecified atom stereocenters. The fourth-order valence-corrected chi connectivity index (χ4v) is 2.49. The molecule has 0 aliphatic carbocycles. The van der Waals surface area contributed by atoms with Gasteiger partial charge in [0, 0.05) is 18.8 Å². The number of pyridine rings is 1. The summed E-state index contributed by atoms with van der Waals surface area (Å²) in [6.07, 6.45) is 0. The molecule has 8 heteroatoms. The van der Waals surface area contributed by atoms with E-state index in [0.29, 0.717) is 17.1 Å². The summed E-state index contributed by atoms with van der Waals surface area (Å²) in [4.78, 5) is 42.7. The van der Waals surface area contributed by atoms with Gasteiger partial charge in [-0.2, -0.15) is 0 Å². The summed E-state index contributed by atoms with van der Waals surface area (Å²) < 4.78 is 6.35. The number of aromatic amines is 1. The Morgan fingerprint density at radius 2 is 2.04 bits per heavy atom. The average Bonchev–Trinajstić information content (AvgIpc) is 2.59. The van der Waals surface area contributed by atoms with Gasteiger partial charge in [0.15, 0.2) is 0 Å². The van der Waals surface area contributed by atoms with Crippen molar-refractivity contribution in [1.82, 2.24) is 14.5 Å². The fourth-order valence-electron chi connectivity index (χ4n) is 2.49. The van der Waals surface area contributed by atoms with E-state index in [1.807, 2.05) is 0 Å². The predicted molar refractivity (Wildman–Crippen MR) is 93.3 cm³/mol. The van der Waals surface area contributed by atoms with E-state index in [9.17, 15) is 14.4 Å². The number of amides is 1. The van der Waals surface area contributed by atoms with E-state index < -0.39 is 17.2 Å². The van der Waals surface area contributed by atoms with Gasteiger partial charge in [0.1, 0.15) is 11.4 Å². The second-order valence-corrected chi connectivity index (χ2v) is 5.50. The molecular weight excluding hydrogens is 324 g/mol. The van der Waals surface area contributed by atoms with Crippen molar-refractivity contribution in [3.63, 3.8) is 0 Å². The molecule has 0 atom stereocenters. The first-order valence-electron chi connectivity index (χ1n) is 7.47. The van der Waals surface area contributed by atoms with Crippen molar-refractivity contribution in [3.8, 4) is 5.75 Å². The van der Waals surface area contributed by atoms with Crippen molar-refractivity contribution >= 4 is 22.6 Å². The average molecular weight is 340 g/mol. The van der Waals surface area contributed by atoms with Gasteiger partial charge < -0.3 is 10.1 Å². The SMILES string of the molecule is COc1cccc(NC(=O)c2cc3c(=O)[nH]c(=O)n(C)c3nc2C)c1. The number of carbonyl (C=O) groups excluding carboxylic acids is 1. The van der Waals surface area contributed by atoms with E-state index in [1.54, 1.807) is 31.2 Å². The number of hydrogen-bond acceptors (Lipinski definition) is 5. The quantitative estimate of drug-likeness (QED) is 0.745. The van der Waals surface area contributed by atoms with Gasteiger partial charge in [0.2, 0.25) is 0 Å². The van der Waals surface area contributed by atoms with Crippen molar-refractivity contribution in [3.05, 3.63) is 62.4 Å². The Hall–Kier alpha value is -3.42. The van der Waals surface area contributed by atoms with Crippen LogP contribution in [0.4, 0.5) is 5.69 Å². The van der Waals surface area contributed by atoms with Gasteiger partial charge in [-0.15, -0.1) is 0 Å². The summed E-state index contributed by atoms with van der Waals surface area (Å²) in [5, 5.41) is 2.91. The number of nitrogens with one attached hydrogen (secondary N) is 2. The van der Waals surface area contributed by atoms with Gasteiger partial charge in [-0.25, -0.2) is 9.78 Å². The first-order valence-corrected chi connectivity index (χ1v) is 7.47. The smallest absolute Gasteiger partial charge is 0.329 e. The van der Waals surface area contributed by atoms with Crippen LogP contribution < -0.4 is 21.3 Å². The number of nitrogens with zero attached hydrogens (tertiary/aromatic N) is 2. The number of carbonyl (C=O) groups is 1. The third kappa shape index (κ3) is 3.01. The summed E-state index contributed by atoms with van der Waals surface area (Å²) in [6.45, 7) is 1.64. The highest BCUT2D eigenvalue weighted by Crippen LogP contribution is 2.19. The van der Waals surface area contributed by atoms with Crippen LogP contribution in [0.25, 0.3) is 11.0 Å². The van der Waals surface area contributed by atoms with Crippen molar-refractivity contribution in [2.24, 2.45) is 7.05 Å². The summed E-state index contributed by atoms with van der Waals surface area (Å²) in [6, 6.07) is 8.35. The number of rotatable bonds is 3. The maximum atomic E-state index is 12.6. The number of H-pyrrole nitrogens is 1. The largest absolute Gasteiger partial charge is 0.497 e. The molecule has 2 heterocycles. The number of aryl methyl sites for hydroxylation is 2. The van der Waals surface area contributed by atoms with Crippen LogP contribution >= 0.6 is 0 Å². The van der Waals surface area contributed by atoms with Gasteiger partial charge in [-0.05, 0) is 25.1 Å². The van der Waals surface area contributed by atoms with Crippen molar-refractivity contribution in [1.29, 1.82) is 0 Å². The zero-order valence-corrected chi connectivity index (χ0v) is 13.9. The number of hydrogen-bond donors (Lipinski definition) is 2. The Balaban J connectivity index is 2.06. The molecule has 0 spiro atoms. The first kappa shape index (κ1) is 16.4. The van der Waals surface area contributed by atoms with Crippen LogP contribution in [0.2, 0.25) is 0 Å². The van der Waals surface area contributed by atoms with Gasteiger partial charge in [0.25, 0.3) is 11.5 Å². The monoisotopic (exact) mass is 340 g/mol. The first-order chi connectivity index (χ1) is 11.9. The molecule has 1 amide bonds. The highest BCUT2D eigenvalue weighted by Gasteiger charge is 2.15. The second-order valence-electron chi connectivity index (χ2n) is 5.50. The third-order valence-corrected chi connectivity index (χ3v) is 3.85. The second kappa shape index (κ2) is 6.23. The Morgan fingerprint density at radius 3 is 2.76 bits per heavy atom. The van der Waals surface area contributed by atoms with Crippen LogP contribution in [0, 0.1) is 6.92 Å². The van der Waals surface area contributed by atoms with Gasteiger partial charge in [0.05, 0.1) is 23.8 Å². The molecule has 0 saturated carbocycles. The summed E-state index contributed by atoms with van der Waals surface area (Å²) in [5.74, 6) is 0.200. The molecule has 3 aromatic rings. The van der Waals surface area contributed by atoms with E-state index >= 15 is 0 Å². The molecular formula is C17H16N4O4. The van der Waals surface area contributed by atoms with Gasteiger partial charge in [-0.3, -0.25) is 19.1 Å². The lowest BCUT2D eigenvalue weighted by Crippen LogP contribution is -2.29. The van der Waals surface area contributed by atoms with Crippen LogP contribution in [0.5, 0.6) is 5.75 Å². The number of anilines is 1. The molecule has 25 heavy (non-hydrogen) atoms. The minimum atomic E-state index is -0.582. The molecule has 1 aromatic carbocycles. The van der Waals surface area contributed by atoms with Crippen LogP contribution in [0.1, 0.15) is 16.1 Å². The molecule has 0 aliphatic rings. The molecule has 3 rings (SSSR count). The Morgan fingerprint density at radius 1 is 1.28 bits per heavy atom. The van der Waals surface area contributed by atoms with E-state index in [4.69, 9.17) is 4.74 Å². The fraction of sp³-hybridized carbons (Fsp3) is 0.176. The summed E-state index contributed by atoms with van der Waals surface area (Å²) in [7, 11) is 3.04. The molecule has 2 N–H and O–H groups in total. The van der Waals surface area contributed by atoms with E-state index in [-0.39, 0.29) is 16.6 Å². The maximum absolute atomic E-state index is 12.6. The van der Waals surface area contributed by atoms with E-state index in [2.05, 4.69) is 15.3 Å². The third-order valence-electron chi connectivity index (χ3n) is 3.85. The van der Waals surface area contributed by atoms with Crippen LogP contribution in [-0.2, 0) is 7.05 Å². The summed E-state index contributed by atoms with van der Waals surface area (Å²) in [5.41, 5.74) is 0.300. The summed E-state index contributed by atoms with van der Waals surface area (Å²) >= 11 is 0.